The maximum atomic E-state index is 13.1. The number of rotatable bonds is 42. The van der Waals surface area contributed by atoms with Gasteiger partial charge in [0.25, 0.3) is 0 Å². The van der Waals surface area contributed by atoms with Crippen LogP contribution in [-0.2, 0) is 14.3 Å². The van der Waals surface area contributed by atoms with Crippen molar-refractivity contribution in [1.29, 1.82) is 0 Å². The molecule has 1 heterocycles. The smallest absolute Gasteiger partial charge is 0.249 e. The van der Waals surface area contributed by atoms with Gasteiger partial charge in [-0.15, -0.1) is 0 Å². The Kier molecular flexibility index (Phi) is 38.7. The van der Waals surface area contributed by atoms with Crippen molar-refractivity contribution < 1.29 is 44.9 Å². The number of amides is 1. The van der Waals surface area contributed by atoms with Crippen molar-refractivity contribution in [2.24, 2.45) is 0 Å². The van der Waals surface area contributed by atoms with E-state index in [9.17, 15) is 35.4 Å². The molecule has 8 unspecified atom stereocenters. The van der Waals surface area contributed by atoms with Crippen LogP contribution < -0.4 is 5.32 Å². The summed E-state index contributed by atoms with van der Waals surface area (Å²) in [6, 6.07) is -0.997. The van der Waals surface area contributed by atoms with Crippen LogP contribution in [0.4, 0.5) is 0 Å². The van der Waals surface area contributed by atoms with E-state index in [0.717, 1.165) is 38.5 Å². The Morgan fingerprint density at radius 3 is 1.43 bits per heavy atom. The molecule has 1 rings (SSSR count). The fraction of sp³-hybridized carbons (Fsp3) is 0.863. The summed E-state index contributed by atoms with van der Waals surface area (Å²) in [4.78, 5) is 13.1. The number of aliphatic hydroxyl groups is 6. The molecule has 7 N–H and O–H groups in total. The number of carbonyl (C=O) groups is 1. The molecule has 10 heteroatoms. The van der Waals surface area contributed by atoms with Gasteiger partial charge in [-0.05, 0) is 57.8 Å². The molecule has 1 aliphatic rings. The van der Waals surface area contributed by atoms with Gasteiger partial charge in [-0.2, -0.15) is 0 Å². The largest absolute Gasteiger partial charge is 0.394 e. The topological polar surface area (TPSA) is 169 Å². The van der Waals surface area contributed by atoms with Gasteiger partial charge in [-0.25, -0.2) is 0 Å². The van der Waals surface area contributed by atoms with E-state index >= 15 is 0 Å². The summed E-state index contributed by atoms with van der Waals surface area (Å²) in [5.41, 5.74) is 0. The molecule has 1 aliphatic heterocycles. The quantitative estimate of drug-likeness (QED) is 0.0233. The van der Waals surface area contributed by atoms with Crippen molar-refractivity contribution in [3.63, 3.8) is 0 Å². The highest BCUT2D eigenvalue weighted by atomic mass is 16.7. The Labute approximate surface area is 373 Å². The highest BCUT2D eigenvalue weighted by Gasteiger charge is 2.44. The average molecular weight is 866 g/mol. The molecule has 8 atom stereocenters. The first-order chi connectivity index (χ1) is 29.8. The molecule has 1 amide bonds. The molecular formula is C51H95NO9. The molecule has 0 aliphatic carbocycles. The Balaban J connectivity index is 2.33. The van der Waals surface area contributed by atoms with Crippen LogP contribution in [0.5, 0.6) is 0 Å². The average Bonchev–Trinajstić information content (AvgIpc) is 3.26. The van der Waals surface area contributed by atoms with Gasteiger partial charge in [0.15, 0.2) is 6.29 Å². The van der Waals surface area contributed by atoms with Crippen molar-refractivity contribution in [3.8, 4) is 0 Å². The summed E-state index contributed by atoms with van der Waals surface area (Å²) < 4.78 is 11.1. The molecule has 0 aromatic heterocycles. The van der Waals surface area contributed by atoms with E-state index < -0.39 is 61.5 Å². The third-order valence-corrected chi connectivity index (χ3v) is 12.0. The lowest BCUT2D eigenvalue weighted by Crippen LogP contribution is -2.60. The number of allylic oxidation sites excluding steroid dienone is 5. The lowest BCUT2D eigenvalue weighted by molar-refractivity contribution is -0.302. The highest BCUT2D eigenvalue weighted by molar-refractivity contribution is 5.80. The summed E-state index contributed by atoms with van der Waals surface area (Å²) in [6.07, 6.45) is 41.0. The number of aliphatic hydroxyl groups excluding tert-OH is 6. The molecule has 61 heavy (non-hydrogen) atoms. The van der Waals surface area contributed by atoms with E-state index in [1.807, 2.05) is 6.08 Å². The van der Waals surface area contributed by atoms with Gasteiger partial charge < -0.3 is 45.4 Å². The Morgan fingerprint density at radius 2 is 0.967 bits per heavy atom. The zero-order valence-corrected chi connectivity index (χ0v) is 39.0. The van der Waals surface area contributed by atoms with Crippen molar-refractivity contribution in [1.82, 2.24) is 5.32 Å². The fourth-order valence-electron chi connectivity index (χ4n) is 7.88. The van der Waals surface area contributed by atoms with Gasteiger partial charge in [0.1, 0.15) is 30.5 Å². The molecule has 10 nitrogen and oxygen atoms in total. The first-order valence-electron chi connectivity index (χ1n) is 25.3. The predicted octanol–water partition coefficient (Wildman–Crippen LogP) is 10.2. The van der Waals surface area contributed by atoms with Gasteiger partial charge in [-0.1, -0.05) is 198 Å². The first-order valence-corrected chi connectivity index (χ1v) is 25.3. The standard InChI is InChI=1S/C51H95NO9/c1-3-5-7-9-11-13-15-17-18-19-20-21-22-23-24-25-26-28-30-32-34-36-38-40-45(55)50(59)52-43(42-60-51-49(58)48(57)47(56)46(41-53)61-51)44(54)39-37-35-33-31-29-27-16-14-12-10-8-6-4-2/h23-24,29,31,37,39,43-49,51,53-58H,3-22,25-28,30,32-36,38,40-42H2,1-2H3,(H,52,59)/b24-23-,31-29+,39-37+. The maximum Gasteiger partial charge on any atom is 0.249 e. The third kappa shape index (κ3) is 31.0. The lowest BCUT2D eigenvalue weighted by Gasteiger charge is -2.40. The van der Waals surface area contributed by atoms with Crippen LogP contribution in [0.1, 0.15) is 219 Å². The van der Waals surface area contributed by atoms with E-state index in [4.69, 9.17) is 9.47 Å². The Hall–Kier alpha value is -1.63. The molecule has 0 bridgehead atoms. The molecule has 0 spiro atoms. The fourth-order valence-corrected chi connectivity index (χ4v) is 7.88. The van der Waals surface area contributed by atoms with Gasteiger partial charge >= 0.3 is 0 Å². The molecule has 0 aromatic rings. The van der Waals surface area contributed by atoms with Gasteiger partial charge in [-0.3, -0.25) is 4.79 Å². The monoisotopic (exact) mass is 866 g/mol. The van der Waals surface area contributed by atoms with Gasteiger partial charge in [0, 0.05) is 0 Å². The van der Waals surface area contributed by atoms with Crippen LogP contribution in [0.25, 0.3) is 0 Å². The molecule has 0 aromatic carbocycles. The number of ether oxygens (including phenoxy) is 2. The number of carbonyl (C=O) groups excluding carboxylic acids is 1. The zero-order chi connectivity index (χ0) is 44.6. The number of hydrogen-bond donors (Lipinski definition) is 7. The summed E-state index contributed by atoms with van der Waals surface area (Å²) >= 11 is 0. The van der Waals surface area contributed by atoms with E-state index in [1.54, 1.807) is 6.08 Å². The normalized spacial score (nSPS) is 21.2. The van der Waals surface area contributed by atoms with E-state index in [0.29, 0.717) is 19.3 Å². The van der Waals surface area contributed by atoms with Crippen LogP contribution >= 0.6 is 0 Å². The SMILES string of the molecule is CCCCCCCCC/C=C/CC/C=C/C(O)C(COC1OC(CO)C(O)C(O)C1O)NC(=O)C(O)CCCCCCCCC/C=C\CCCCCCCCCCCCCC. The minimum Gasteiger partial charge on any atom is -0.394 e. The molecular weight excluding hydrogens is 771 g/mol. The molecule has 1 fully saturated rings. The second-order valence-corrected chi connectivity index (χ2v) is 17.7. The minimum absolute atomic E-state index is 0.299. The Morgan fingerprint density at radius 1 is 0.557 bits per heavy atom. The number of nitrogens with one attached hydrogen (secondary N) is 1. The van der Waals surface area contributed by atoms with E-state index in [2.05, 4.69) is 43.5 Å². The second kappa shape index (κ2) is 41.1. The zero-order valence-electron chi connectivity index (χ0n) is 39.0. The van der Waals surface area contributed by atoms with Crippen LogP contribution in [-0.4, -0.2) is 98.7 Å². The molecule has 1 saturated heterocycles. The summed E-state index contributed by atoms with van der Waals surface area (Å²) in [6.45, 7) is 3.58. The van der Waals surface area contributed by atoms with Gasteiger partial charge in [0.05, 0.1) is 25.4 Å². The van der Waals surface area contributed by atoms with Crippen molar-refractivity contribution in [3.05, 3.63) is 36.5 Å². The predicted molar refractivity (Wildman–Crippen MR) is 250 cm³/mol. The van der Waals surface area contributed by atoms with Crippen molar-refractivity contribution in [2.75, 3.05) is 13.2 Å². The Bertz CT molecular complexity index is 1070. The molecule has 358 valence electrons. The molecule has 0 saturated carbocycles. The lowest BCUT2D eigenvalue weighted by atomic mass is 9.99. The van der Waals surface area contributed by atoms with E-state index in [-0.39, 0.29) is 6.61 Å². The van der Waals surface area contributed by atoms with Crippen molar-refractivity contribution >= 4 is 5.91 Å². The second-order valence-electron chi connectivity index (χ2n) is 17.7. The molecule has 0 radical (unpaired) electrons. The third-order valence-electron chi connectivity index (χ3n) is 12.0. The van der Waals surface area contributed by atoms with E-state index in [1.165, 1.54) is 148 Å². The first kappa shape index (κ1) is 57.4. The van der Waals surface area contributed by atoms with Crippen LogP contribution in [0.15, 0.2) is 36.5 Å². The maximum absolute atomic E-state index is 13.1. The highest BCUT2D eigenvalue weighted by Crippen LogP contribution is 2.23. The number of unbranched alkanes of at least 4 members (excludes halogenated alkanes) is 27. The number of hydrogen-bond acceptors (Lipinski definition) is 9. The summed E-state index contributed by atoms with van der Waals surface area (Å²) in [5, 5.41) is 64.7. The summed E-state index contributed by atoms with van der Waals surface area (Å²) in [5.74, 6) is -0.630. The van der Waals surface area contributed by atoms with Crippen LogP contribution in [0, 0.1) is 0 Å². The minimum atomic E-state index is -1.62. The van der Waals surface area contributed by atoms with Crippen molar-refractivity contribution in [2.45, 2.75) is 268 Å². The van der Waals surface area contributed by atoms with Gasteiger partial charge in [0.2, 0.25) is 5.91 Å². The van der Waals surface area contributed by atoms with Crippen LogP contribution in [0.3, 0.4) is 0 Å². The summed E-state index contributed by atoms with van der Waals surface area (Å²) in [7, 11) is 0. The van der Waals surface area contributed by atoms with Crippen LogP contribution in [0.2, 0.25) is 0 Å².